The molecule has 0 radical (unpaired) electrons. The molecule has 9 heteroatoms. The van der Waals surface area contributed by atoms with Gasteiger partial charge in [0.1, 0.15) is 11.5 Å². The van der Waals surface area contributed by atoms with Gasteiger partial charge in [-0.3, -0.25) is 9.59 Å². The molecule has 1 aliphatic heterocycles. The van der Waals surface area contributed by atoms with E-state index in [0.717, 1.165) is 12.0 Å². The van der Waals surface area contributed by atoms with Crippen molar-refractivity contribution in [1.82, 2.24) is 9.80 Å². The zero-order valence-electron chi connectivity index (χ0n) is 21.6. The lowest BCUT2D eigenvalue weighted by atomic mass is 9.94. The van der Waals surface area contributed by atoms with Gasteiger partial charge in [0.2, 0.25) is 0 Å². The molecule has 3 rings (SSSR count). The first-order chi connectivity index (χ1) is 17.1. The quantitative estimate of drug-likeness (QED) is 0.284. The molecule has 8 nitrogen and oxygen atoms in total. The maximum Gasteiger partial charge on any atom is 0.295 e. The molecule has 0 bridgehead atoms. The molecule has 1 N–H and O–H groups in total. The van der Waals surface area contributed by atoms with Crippen molar-refractivity contribution in [3.8, 4) is 17.2 Å². The van der Waals surface area contributed by atoms with Gasteiger partial charge in [-0.25, -0.2) is 0 Å². The normalized spacial score (nSPS) is 17.1. The summed E-state index contributed by atoms with van der Waals surface area (Å²) < 4.78 is 16.7. The minimum absolute atomic E-state index is 0.0367. The molecule has 1 heterocycles. The summed E-state index contributed by atoms with van der Waals surface area (Å²) in [6, 6.07) is 7.78. The fourth-order valence-corrected chi connectivity index (χ4v) is 4.56. The van der Waals surface area contributed by atoms with Gasteiger partial charge in [-0.15, -0.1) is 0 Å². The number of aliphatic hydroxyl groups excluding tert-OH is 1. The zero-order valence-corrected chi connectivity index (χ0v) is 22.3. The Morgan fingerprint density at radius 3 is 2.44 bits per heavy atom. The second kappa shape index (κ2) is 11.7. The SMILES string of the molecule is CCCOc1cc(C2/C(=C(\O)c3cc(C)cc(Cl)c3OC)C(=O)C(=O)N2CCN(C)C)ccc1OC. The van der Waals surface area contributed by atoms with E-state index in [1.807, 2.05) is 32.8 Å². The summed E-state index contributed by atoms with van der Waals surface area (Å²) in [6.45, 7) is 5.09. The largest absolute Gasteiger partial charge is 0.507 e. The van der Waals surface area contributed by atoms with E-state index in [1.54, 1.807) is 37.4 Å². The first-order valence-corrected chi connectivity index (χ1v) is 12.1. The summed E-state index contributed by atoms with van der Waals surface area (Å²) >= 11 is 6.36. The number of methoxy groups -OCH3 is 2. The first-order valence-electron chi connectivity index (χ1n) is 11.7. The molecule has 1 aliphatic rings. The smallest absolute Gasteiger partial charge is 0.295 e. The Labute approximate surface area is 217 Å². The molecular weight excluding hydrogens is 484 g/mol. The van der Waals surface area contributed by atoms with Crippen molar-refractivity contribution in [3.63, 3.8) is 0 Å². The Hall–Kier alpha value is -3.23. The monoisotopic (exact) mass is 516 g/mol. The third-order valence-corrected chi connectivity index (χ3v) is 6.22. The van der Waals surface area contributed by atoms with Crippen molar-refractivity contribution in [3.05, 3.63) is 57.6 Å². The van der Waals surface area contributed by atoms with Gasteiger partial charge in [0.05, 0.1) is 43.0 Å². The van der Waals surface area contributed by atoms with Gasteiger partial charge < -0.3 is 29.1 Å². The van der Waals surface area contributed by atoms with Crippen LogP contribution in [-0.4, -0.2) is 74.6 Å². The highest BCUT2D eigenvalue weighted by Crippen LogP contribution is 2.44. The molecule has 1 atom stereocenters. The number of carbonyl (C=O) groups excluding carboxylic acids is 2. The summed E-state index contributed by atoms with van der Waals surface area (Å²) in [5.74, 6) is -0.564. The summed E-state index contributed by atoms with van der Waals surface area (Å²) in [6.07, 6.45) is 0.794. The Kier molecular flexibility index (Phi) is 8.87. The highest BCUT2D eigenvalue weighted by molar-refractivity contribution is 6.46. The Bertz CT molecular complexity index is 1180. The lowest BCUT2D eigenvalue weighted by Gasteiger charge is -2.27. The van der Waals surface area contributed by atoms with Gasteiger partial charge in [-0.05, 0) is 62.8 Å². The number of likely N-dealkylation sites (tertiary alicyclic amines) is 1. The number of likely N-dealkylation sites (N-methyl/N-ethyl adjacent to an activating group) is 1. The Morgan fingerprint density at radius 1 is 1.11 bits per heavy atom. The lowest BCUT2D eigenvalue weighted by Crippen LogP contribution is -2.35. The van der Waals surface area contributed by atoms with Crippen LogP contribution in [0, 0.1) is 6.92 Å². The number of aryl methyl sites for hydroxylation is 1. The van der Waals surface area contributed by atoms with E-state index >= 15 is 0 Å². The van der Waals surface area contributed by atoms with E-state index in [1.165, 1.54) is 12.0 Å². The number of aliphatic hydroxyl groups is 1. The van der Waals surface area contributed by atoms with E-state index < -0.39 is 17.7 Å². The molecular formula is C27H33ClN2O6. The highest BCUT2D eigenvalue weighted by Gasteiger charge is 2.46. The molecule has 1 unspecified atom stereocenters. The van der Waals surface area contributed by atoms with E-state index in [9.17, 15) is 14.7 Å². The fourth-order valence-electron chi connectivity index (χ4n) is 4.21. The molecule has 2 aromatic rings. The number of ketones is 1. The predicted molar refractivity (Wildman–Crippen MR) is 139 cm³/mol. The van der Waals surface area contributed by atoms with Crippen LogP contribution in [0.15, 0.2) is 35.9 Å². The number of nitrogens with zero attached hydrogens (tertiary/aromatic N) is 2. The third-order valence-electron chi connectivity index (χ3n) is 5.94. The van der Waals surface area contributed by atoms with Gasteiger partial charge in [-0.1, -0.05) is 24.6 Å². The van der Waals surface area contributed by atoms with Gasteiger partial charge in [0.15, 0.2) is 11.5 Å². The van der Waals surface area contributed by atoms with Crippen LogP contribution in [0.5, 0.6) is 17.2 Å². The number of Topliss-reactive ketones (excluding diaryl/α,β-unsaturated/α-hetero) is 1. The number of rotatable bonds is 10. The Balaban J connectivity index is 2.26. The Morgan fingerprint density at radius 2 is 1.83 bits per heavy atom. The first kappa shape index (κ1) is 27.4. The molecule has 0 saturated carbocycles. The van der Waals surface area contributed by atoms with Crippen molar-refractivity contribution in [2.75, 3.05) is 48.0 Å². The van der Waals surface area contributed by atoms with Crippen molar-refractivity contribution in [1.29, 1.82) is 0 Å². The summed E-state index contributed by atoms with van der Waals surface area (Å²) in [5.41, 5.74) is 1.58. The van der Waals surface area contributed by atoms with Crippen molar-refractivity contribution < 1.29 is 28.9 Å². The second-order valence-electron chi connectivity index (χ2n) is 8.88. The molecule has 0 aliphatic carbocycles. The van der Waals surface area contributed by atoms with Crippen LogP contribution >= 0.6 is 11.6 Å². The maximum atomic E-state index is 13.4. The van der Waals surface area contributed by atoms with Crippen LogP contribution < -0.4 is 14.2 Å². The van der Waals surface area contributed by atoms with Crippen LogP contribution in [0.3, 0.4) is 0 Å². The summed E-state index contributed by atoms with van der Waals surface area (Å²) in [7, 11) is 6.75. The van der Waals surface area contributed by atoms with E-state index in [4.69, 9.17) is 25.8 Å². The van der Waals surface area contributed by atoms with E-state index in [-0.39, 0.29) is 34.2 Å². The van der Waals surface area contributed by atoms with E-state index in [2.05, 4.69) is 0 Å². The third kappa shape index (κ3) is 5.44. The van der Waals surface area contributed by atoms with Crippen molar-refractivity contribution in [2.45, 2.75) is 26.3 Å². The molecule has 1 fully saturated rings. The van der Waals surface area contributed by atoms with Crippen LogP contribution in [0.25, 0.3) is 5.76 Å². The molecule has 1 saturated heterocycles. The number of ether oxygens (including phenoxy) is 3. The van der Waals surface area contributed by atoms with Gasteiger partial charge in [-0.2, -0.15) is 0 Å². The van der Waals surface area contributed by atoms with Crippen LogP contribution in [0.4, 0.5) is 0 Å². The minimum Gasteiger partial charge on any atom is -0.507 e. The molecule has 1 amide bonds. The molecule has 36 heavy (non-hydrogen) atoms. The number of halogens is 1. The standard InChI is InChI=1S/C27H33ClN2O6/c1-7-12-36-21-15-17(8-9-20(21)34-5)23-22(25(32)27(33)30(23)11-10-29(3)4)24(31)18-13-16(2)14-19(28)26(18)35-6/h8-9,13-15,23,31H,7,10-12H2,1-6H3/b24-22+. The second-order valence-corrected chi connectivity index (χ2v) is 9.29. The average Bonchev–Trinajstić information content (AvgIpc) is 3.09. The number of amides is 1. The number of benzene rings is 2. The fraction of sp³-hybridized carbons (Fsp3) is 0.407. The number of hydrogen-bond donors (Lipinski definition) is 1. The van der Waals surface area contributed by atoms with Gasteiger partial charge >= 0.3 is 0 Å². The lowest BCUT2D eigenvalue weighted by molar-refractivity contribution is -0.140. The molecule has 0 spiro atoms. The van der Waals surface area contributed by atoms with Crippen LogP contribution in [-0.2, 0) is 9.59 Å². The van der Waals surface area contributed by atoms with Crippen LogP contribution in [0.2, 0.25) is 5.02 Å². The number of carbonyl (C=O) groups is 2. The maximum absolute atomic E-state index is 13.4. The molecule has 194 valence electrons. The minimum atomic E-state index is -0.844. The summed E-state index contributed by atoms with van der Waals surface area (Å²) in [5, 5.41) is 11.8. The highest BCUT2D eigenvalue weighted by atomic mass is 35.5. The average molecular weight is 517 g/mol. The predicted octanol–water partition coefficient (Wildman–Crippen LogP) is 4.44. The zero-order chi connectivity index (χ0) is 26.6. The van der Waals surface area contributed by atoms with Crippen molar-refractivity contribution >= 4 is 29.1 Å². The van der Waals surface area contributed by atoms with Crippen molar-refractivity contribution in [2.24, 2.45) is 0 Å². The molecule has 2 aromatic carbocycles. The summed E-state index contributed by atoms with van der Waals surface area (Å²) in [4.78, 5) is 30.0. The van der Waals surface area contributed by atoms with Gasteiger partial charge in [0.25, 0.3) is 11.7 Å². The topological polar surface area (TPSA) is 88.5 Å². The number of hydrogen-bond acceptors (Lipinski definition) is 7. The molecule has 0 aromatic heterocycles. The van der Waals surface area contributed by atoms with E-state index in [0.29, 0.717) is 30.2 Å². The van der Waals surface area contributed by atoms with Gasteiger partial charge in [0, 0.05) is 13.1 Å². The van der Waals surface area contributed by atoms with Crippen LogP contribution in [0.1, 0.15) is 36.1 Å².